The van der Waals surface area contributed by atoms with Gasteiger partial charge in [0, 0.05) is 17.1 Å². The molecular formula is C11H15Cl2N3O. The number of carbonyl (C=O) groups excluding carboxylic acids is 1. The Morgan fingerprint density at radius 3 is 2.82 bits per heavy atom. The van der Waals surface area contributed by atoms with Gasteiger partial charge in [-0.2, -0.15) is 0 Å². The molecule has 1 amide bonds. The number of nitrogens with one attached hydrogen (secondary N) is 2. The maximum Gasteiger partial charge on any atom is 0.228 e. The van der Waals surface area contributed by atoms with Gasteiger partial charge in [-0.1, -0.05) is 11.6 Å². The molecule has 0 aliphatic carbocycles. The number of aromatic nitrogens is 1. The summed E-state index contributed by atoms with van der Waals surface area (Å²) in [5.74, 6) is 0.648. The fourth-order valence-electron chi connectivity index (χ4n) is 1.79. The lowest BCUT2D eigenvalue weighted by atomic mass is 9.97. The molecule has 1 fully saturated rings. The van der Waals surface area contributed by atoms with E-state index < -0.39 is 0 Å². The van der Waals surface area contributed by atoms with Crippen LogP contribution >= 0.6 is 24.0 Å². The molecule has 4 nitrogen and oxygen atoms in total. The lowest BCUT2D eigenvalue weighted by Gasteiger charge is -2.21. The molecular weight excluding hydrogens is 261 g/mol. The molecule has 0 unspecified atom stereocenters. The van der Waals surface area contributed by atoms with Crippen molar-refractivity contribution in [3.05, 3.63) is 23.4 Å². The molecule has 0 saturated carbocycles. The Bertz CT molecular complexity index is 381. The van der Waals surface area contributed by atoms with E-state index in [1.807, 2.05) is 0 Å². The van der Waals surface area contributed by atoms with E-state index >= 15 is 0 Å². The van der Waals surface area contributed by atoms with Crippen LogP contribution in [0.4, 0.5) is 5.82 Å². The highest BCUT2D eigenvalue weighted by Crippen LogP contribution is 2.16. The Morgan fingerprint density at radius 2 is 2.18 bits per heavy atom. The fourth-order valence-corrected chi connectivity index (χ4v) is 1.95. The average molecular weight is 276 g/mol. The van der Waals surface area contributed by atoms with E-state index in [1.54, 1.807) is 18.3 Å². The largest absolute Gasteiger partial charge is 0.317 e. The Kier molecular flexibility index (Phi) is 5.68. The van der Waals surface area contributed by atoms with Crippen molar-refractivity contribution in [1.82, 2.24) is 10.3 Å². The quantitative estimate of drug-likeness (QED) is 0.869. The zero-order valence-electron chi connectivity index (χ0n) is 9.28. The van der Waals surface area contributed by atoms with E-state index in [4.69, 9.17) is 11.6 Å². The first-order chi connectivity index (χ1) is 7.75. The molecule has 1 saturated heterocycles. The van der Waals surface area contributed by atoms with Crippen molar-refractivity contribution in [2.45, 2.75) is 12.8 Å². The molecule has 0 atom stereocenters. The number of anilines is 1. The Hall–Kier alpha value is -0.840. The molecule has 2 N–H and O–H groups in total. The topological polar surface area (TPSA) is 54.0 Å². The molecule has 94 valence electrons. The van der Waals surface area contributed by atoms with Gasteiger partial charge in [0.1, 0.15) is 5.82 Å². The maximum absolute atomic E-state index is 11.9. The monoisotopic (exact) mass is 275 g/mol. The van der Waals surface area contributed by atoms with E-state index in [9.17, 15) is 4.79 Å². The van der Waals surface area contributed by atoms with Crippen molar-refractivity contribution >= 4 is 35.7 Å². The molecule has 2 rings (SSSR count). The first-order valence-electron chi connectivity index (χ1n) is 5.39. The van der Waals surface area contributed by atoms with E-state index in [1.165, 1.54) is 0 Å². The van der Waals surface area contributed by atoms with Gasteiger partial charge in [-0.3, -0.25) is 4.79 Å². The number of pyridine rings is 1. The number of amides is 1. The molecule has 17 heavy (non-hydrogen) atoms. The van der Waals surface area contributed by atoms with E-state index in [0.29, 0.717) is 10.8 Å². The van der Waals surface area contributed by atoms with Gasteiger partial charge in [-0.15, -0.1) is 12.4 Å². The number of carbonyl (C=O) groups is 1. The summed E-state index contributed by atoms with van der Waals surface area (Å²) in [6.45, 7) is 1.81. The summed E-state index contributed by atoms with van der Waals surface area (Å²) >= 11 is 5.81. The molecule has 2 heterocycles. The third-order valence-corrected chi connectivity index (χ3v) is 2.92. The predicted octanol–water partition coefficient (Wildman–Crippen LogP) is 2.09. The second-order valence-electron chi connectivity index (χ2n) is 3.87. The van der Waals surface area contributed by atoms with E-state index in [2.05, 4.69) is 15.6 Å². The van der Waals surface area contributed by atoms with Gasteiger partial charge in [0.2, 0.25) is 5.91 Å². The number of nitrogens with zero attached hydrogens (tertiary/aromatic N) is 1. The van der Waals surface area contributed by atoms with Gasteiger partial charge in [-0.25, -0.2) is 4.98 Å². The second-order valence-corrected chi connectivity index (χ2v) is 4.31. The van der Waals surface area contributed by atoms with Crippen LogP contribution in [0, 0.1) is 5.92 Å². The molecule has 1 aromatic heterocycles. The van der Waals surface area contributed by atoms with Gasteiger partial charge < -0.3 is 10.6 Å². The summed E-state index contributed by atoms with van der Waals surface area (Å²) in [5.41, 5.74) is 0. The minimum Gasteiger partial charge on any atom is -0.317 e. The highest BCUT2D eigenvalue weighted by molar-refractivity contribution is 6.30. The van der Waals surface area contributed by atoms with Crippen LogP contribution in [-0.2, 0) is 4.79 Å². The minimum absolute atomic E-state index is 0. The van der Waals surface area contributed by atoms with Crippen LogP contribution in [0.25, 0.3) is 0 Å². The highest BCUT2D eigenvalue weighted by Gasteiger charge is 2.20. The maximum atomic E-state index is 11.9. The first kappa shape index (κ1) is 14.2. The van der Waals surface area contributed by atoms with Crippen molar-refractivity contribution in [3.63, 3.8) is 0 Å². The summed E-state index contributed by atoms with van der Waals surface area (Å²) in [7, 11) is 0. The zero-order valence-corrected chi connectivity index (χ0v) is 10.9. The molecule has 0 spiro atoms. The number of piperidine rings is 1. The van der Waals surface area contributed by atoms with Crippen LogP contribution in [0.5, 0.6) is 0 Å². The van der Waals surface area contributed by atoms with Crippen molar-refractivity contribution in [2.24, 2.45) is 5.92 Å². The Morgan fingerprint density at radius 1 is 1.47 bits per heavy atom. The van der Waals surface area contributed by atoms with Crippen LogP contribution in [0.2, 0.25) is 5.02 Å². The van der Waals surface area contributed by atoms with Gasteiger partial charge in [0.05, 0.1) is 0 Å². The molecule has 0 radical (unpaired) electrons. The third kappa shape index (κ3) is 4.15. The SMILES string of the molecule is Cl.O=C(Nc1cc(Cl)ccn1)C1CCNCC1. The predicted molar refractivity (Wildman–Crippen MR) is 70.7 cm³/mol. The number of halogens is 2. The van der Waals surface area contributed by atoms with Gasteiger partial charge >= 0.3 is 0 Å². The Balaban J connectivity index is 0.00000144. The molecule has 1 aliphatic heterocycles. The summed E-state index contributed by atoms with van der Waals surface area (Å²) in [4.78, 5) is 15.9. The second kappa shape index (κ2) is 6.79. The fraction of sp³-hybridized carbons (Fsp3) is 0.455. The lowest BCUT2D eigenvalue weighted by Crippen LogP contribution is -2.34. The summed E-state index contributed by atoms with van der Waals surface area (Å²) < 4.78 is 0. The van der Waals surface area contributed by atoms with Crippen molar-refractivity contribution in [3.8, 4) is 0 Å². The van der Waals surface area contributed by atoms with Crippen LogP contribution in [0.15, 0.2) is 18.3 Å². The van der Waals surface area contributed by atoms with Crippen molar-refractivity contribution in [1.29, 1.82) is 0 Å². The van der Waals surface area contributed by atoms with Gasteiger partial charge in [0.15, 0.2) is 0 Å². The van der Waals surface area contributed by atoms with Crippen LogP contribution in [0.1, 0.15) is 12.8 Å². The minimum atomic E-state index is 0. The average Bonchev–Trinajstić information content (AvgIpc) is 2.30. The highest BCUT2D eigenvalue weighted by atomic mass is 35.5. The molecule has 6 heteroatoms. The van der Waals surface area contributed by atoms with Crippen molar-refractivity contribution in [2.75, 3.05) is 18.4 Å². The zero-order chi connectivity index (χ0) is 11.4. The summed E-state index contributed by atoms with van der Waals surface area (Å²) in [5, 5.41) is 6.60. The van der Waals surface area contributed by atoms with Gasteiger partial charge in [-0.05, 0) is 38.1 Å². The Labute approximate surface area is 112 Å². The first-order valence-corrected chi connectivity index (χ1v) is 5.76. The smallest absolute Gasteiger partial charge is 0.228 e. The van der Waals surface area contributed by atoms with Gasteiger partial charge in [0.25, 0.3) is 0 Å². The number of hydrogen-bond acceptors (Lipinski definition) is 3. The normalized spacial score (nSPS) is 16.1. The standard InChI is InChI=1S/C11H14ClN3O.ClH/c12-9-3-6-14-10(7-9)15-11(16)8-1-4-13-5-2-8;/h3,6-8,13H,1-2,4-5H2,(H,14,15,16);1H. The summed E-state index contributed by atoms with van der Waals surface area (Å²) in [6.07, 6.45) is 3.35. The number of rotatable bonds is 2. The van der Waals surface area contributed by atoms with Crippen LogP contribution in [-0.4, -0.2) is 24.0 Å². The van der Waals surface area contributed by atoms with E-state index in [-0.39, 0.29) is 24.2 Å². The lowest BCUT2D eigenvalue weighted by molar-refractivity contribution is -0.120. The third-order valence-electron chi connectivity index (χ3n) is 2.68. The molecule has 1 aliphatic rings. The molecule has 1 aromatic rings. The molecule has 0 bridgehead atoms. The van der Waals surface area contributed by atoms with Crippen molar-refractivity contribution < 1.29 is 4.79 Å². The number of hydrogen-bond donors (Lipinski definition) is 2. The van der Waals surface area contributed by atoms with Crippen LogP contribution < -0.4 is 10.6 Å². The summed E-state index contributed by atoms with van der Waals surface area (Å²) in [6, 6.07) is 3.34. The van der Waals surface area contributed by atoms with Crippen LogP contribution in [0.3, 0.4) is 0 Å². The molecule has 0 aromatic carbocycles. The van der Waals surface area contributed by atoms with E-state index in [0.717, 1.165) is 25.9 Å².